The minimum atomic E-state index is -0.748. The summed E-state index contributed by atoms with van der Waals surface area (Å²) in [6.45, 7) is 3.10. The molecule has 0 aliphatic carbocycles. The SMILES string of the molecule is CN[C@H]1COCC[C@H]1Nc1nc(Nc2ccc(C)cc2)c(C(N)=O)cc1F. The standard InChI is InChI=1S/C19H24FN5O2/c1-11-3-5-12(6-4-11)23-18-13(17(21)26)9-14(20)19(25-18)24-15-7-8-27-10-16(15)22-2/h3-6,9,15-16,22H,7-8,10H2,1-2H3,(H2,21,26)(H2,23,24,25)/t15-,16+/m1/s1. The van der Waals surface area contributed by atoms with Gasteiger partial charge in [0, 0.05) is 18.3 Å². The van der Waals surface area contributed by atoms with E-state index in [1.165, 1.54) is 0 Å². The van der Waals surface area contributed by atoms with Gasteiger partial charge < -0.3 is 26.4 Å². The molecule has 3 rings (SSSR count). The number of nitrogens with two attached hydrogens (primary N) is 1. The number of carbonyl (C=O) groups excluding carboxylic acids is 1. The molecule has 1 aliphatic heterocycles. The largest absolute Gasteiger partial charge is 0.380 e. The Morgan fingerprint density at radius 2 is 2.00 bits per heavy atom. The van der Waals surface area contributed by atoms with Gasteiger partial charge in [-0.05, 0) is 38.6 Å². The Hall–Kier alpha value is -2.71. The van der Waals surface area contributed by atoms with Gasteiger partial charge in [0.15, 0.2) is 11.6 Å². The molecule has 1 saturated heterocycles. The number of likely N-dealkylation sites (N-methyl/N-ethyl adjacent to an activating group) is 1. The number of aromatic nitrogens is 1. The van der Waals surface area contributed by atoms with Crippen LogP contribution in [0.15, 0.2) is 30.3 Å². The van der Waals surface area contributed by atoms with E-state index in [0.717, 1.165) is 17.3 Å². The van der Waals surface area contributed by atoms with E-state index in [4.69, 9.17) is 10.5 Å². The van der Waals surface area contributed by atoms with Gasteiger partial charge in [-0.25, -0.2) is 9.37 Å². The molecule has 7 nitrogen and oxygen atoms in total. The topological polar surface area (TPSA) is 101 Å². The maximum absolute atomic E-state index is 14.6. The summed E-state index contributed by atoms with van der Waals surface area (Å²) in [6.07, 6.45) is 0.713. The van der Waals surface area contributed by atoms with E-state index < -0.39 is 11.7 Å². The maximum atomic E-state index is 14.6. The summed E-state index contributed by atoms with van der Waals surface area (Å²) in [5.74, 6) is -1.09. The molecule has 0 unspecified atom stereocenters. The third-order valence-corrected chi connectivity index (χ3v) is 4.60. The second-order valence-electron chi connectivity index (χ2n) is 6.58. The van der Waals surface area contributed by atoms with Crippen molar-refractivity contribution in [2.75, 3.05) is 30.9 Å². The van der Waals surface area contributed by atoms with Gasteiger partial charge in [0.2, 0.25) is 0 Å². The summed E-state index contributed by atoms with van der Waals surface area (Å²) in [5, 5.41) is 9.34. The first-order valence-corrected chi connectivity index (χ1v) is 8.83. The van der Waals surface area contributed by atoms with Gasteiger partial charge in [-0.15, -0.1) is 0 Å². The van der Waals surface area contributed by atoms with Crippen molar-refractivity contribution in [3.8, 4) is 0 Å². The van der Waals surface area contributed by atoms with Crippen molar-refractivity contribution in [2.24, 2.45) is 5.73 Å². The molecule has 27 heavy (non-hydrogen) atoms. The van der Waals surface area contributed by atoms with Gasteiger partial charge in [0.1, 0.15) is 5.82 Å². The summed E-state index contributed by atoms with van der Waals surface area (Å²) < 4.78 is 20.0. The molecule has 2 aromatic rings. The summed E-state index contributed by atoms with van der Waals surface area (Å²) in [4.78, 5) is 16.1. The Bertz CT molecular complexity index is 812. The zero-order chi connectivity index (χ0) is 19.4. The highest BCUT2D eigenvalue weighted by molar-refractivity contribution is 5.98. The first kappa shape index (κ1) is 19.1. The Kier molecular flexibility index (Phi) is 5.88. The smallest absolute Gasteiger partial charge is 0.252 e. The number of anilines is 3. The molecule has 144 valence electrons. The van der Waals surface area contributed by atoms with E-state index in [1.807, 2.05) is 38.2 Å². The fraction of sp³-hybridized carbons (Fsp3) is 0.368. The predicted octanol–water partition coefficient (Wildman–Crippen LogP) is 2.16. The lowest BCUT2D eigenvalue weighted by Crippen LogP contribution is -2.49. The molecule has 5 N–H and O–H groups in total. The molecule has 1 fully saturated rings. The van der Waals surface area contributed by atoms with Crippen molar-refractivity contribution in [3.05, 3.63) is 47.3 Å². The number of nitrogens with one attached hydrogen (secondary N) is 3. The number of ether oxygens (including phenoxy) is 1. The Morgan fingerprint density at radius 1 is 1.26 bits per heavy atom. The van der Waals surface area contributed by atoms with Crippen molar-refractivity contribution < 1.29 is 13.9 Å². The minimum absolute atomic E-state index is 0.00392. The highest BCUT2D eigenvalue weighted by Gasteiger charge is 2.26. The number of amides is 1. The highest BCUT2D eigenvalue weighted by Crippen LogP contribution is 2.25. The molecule has 2 heterocycles. The van der Waals surface area contributed by atoms with E-state index in [2.05, 4.69) is 20.9 Å². The van der Waals surface area contributed by atoms with Crippen LogP contribution < -0.4 is 21.7 Å². The van der Waals surface area contributed by atoms with Crippen LogP contribution in [0.3, 0.4) is 0 Å². The summed E-state index contributed by atoms with van der Waals surface area (Å²) in [7, 11) is 1.83. The first-order valence-electron chi connectivity index (χ1n) is 8.83. The van der Waals surface area contributed by atoms with E-state index in [1.54, 1.807) is 0 Å². The fourth-order valence-corrected chi connectivity index (χ4v) is 3.02. The lowest BCUT2D eigenvalue weighted by molar-refractivity contribution is 0.0656. The summed E-state index contributed by atoms with van der Waals surface area (Å²) in [6, 6.07) is 8.66. The average Bonchev–Trinajstić information content (AvgIpc) is 2.66. The number of aryl methyl sites for hydroxylation is 1. The van der Waals surface area contributed by atoms with Crippen molar-refractivity contribution in [1.29, 1.82) is 0 Å². The Labute approximate surface area is 157 Å². The molecule has 1 aliphatic rings. The maximum Gasteiger partial charge on any atom is 0.252 e. The van der Waals surface area contributed by atoms with Gasteiger partial charge in [-0.1, -0.05) is 17.7 Å². The lowest BCUT2D eigenvalue weighted by atomic mass is 10.0. The number of rotatable bonds is 6. The molecule has 2 atom stereocenters. The van der Waals surface area contributed by atoms with Crippen LogP contribution in [0.2, 0.25) is 0 Å². The Morgan fingerprint density at radius 3 is 2.67 bits per heavy atom. The number of primary amides is 1. The number of halogens is 1. The van der Waals surface area contributed by atoms with Crippen LogP contribution in [-0.2, 0) is 4.74 Å². The van der Waals surface area contributed by atoms with Crippen LogP contribution in [0.5, 0.6) is 0 Å². The van der Waals surface area contributed by atoms with Gasteiger partial charge in [0.05, 0.1) is 18.2 Å². The zero-order valence-electron chi connectivity index (χ0n) is 15.4. The van der Waals surface area contributed by atoms with Crippen molar-refractivity contribution in [1.82, 2.24) is 10.3 Å². The molecule has 1 aromatic heterocycles. The van der Waals surface area contributed by atoms with E-state index in [0.29, 0.717) is 19.6 Å². The van der Waals surface area contributed by atoms with E-state index >= 15 is 0 Å². The number of pyridine rings is 1. The lowest BCUT2D eigenvalue weighted by Gasteiger charge is -2.32. The van der Waals surface area contributed by atoms with Gasteiger partial charge >= 0.3 is 0 Å². The molecule has 1 amide bonds. The second-order valence-corrected chi connectivity index (χ2v) is 6.58. The zero-order valence-corrected chi connectivity index (χ0v) is 15.4. The van der Waals surface area contributed by atoms with Crippen molar-refractivity contribution in [3.63, 3.8) is 0 Å². The number of hydrogen-bond donors (Lipinski definition) is 4. The highest BCUT2D eigenvalue weighted by atomic mass is 19.1. The molecular formula is C19H24FN5O2. The first-order chi connectivity index (χ1) is 13.0. The molecule has 0 saturated carbocycles. The van der Waals surface area contributed by atoms with Gasteiger partial charge in [-0.3, -0.25) is 4.79 Å². The van der Waals surface area contributed by atoms with E-state index in [-0.39, 0.29) is 29.3 Å². The van der Waals surface area contributed by atoms with Crippen LogP contribution in [0.25, 0.3) is 0 Å². The summed E-state index contributed by atoms with van der Waals surface area (Å²) >= 11 is 0. The third kappa shape index (κ3) is 4.53. The van der Waals surface area contributed by atoms with Crippen molar-refractivity contribution >= 4 is 23.2 Å². The van der Waals surface area contributed by atoms with Crippen molar-refractivity contribution in [2.45, 2.75) is 25.4 Å². The van der Waals surface area contributed by atoms with Gasteiger partial charge in [0.25, 0.3) is 5.91 Å². The van der Waals surface area contributed by atoms with Crippen LogP contribution in [0.1, 0.15) is 22.3 Å². The average molecular weight is 373 g/mol. The quantitative estimate of drug-likeness (QED) is 0.619. The fourth-order valence-electron chi connectivity index (χ4n) is 3.02. The second kappa shape index (κ2) is 8.32. The number of carbonyl (C=O) groups is 1. The number of nitrogens with zero attached hydrogens (tertiary/aromatic N) is 1. The van der Waals surface area contributed by atoms with Crippen LogP contribution >= 0.6 is 0 Å². The number of benzene rings is 1. The predicted molar refractivity (Wildman–Crippen MR) is 103 cm³/mol. The summed E-state index contributed by atoms with van der Waals surface area (Å²) in [5.41, 5.74) is 7.23. The number of hydrogen-bond acceptors (Lipinski definition) is 6. The Balaban J connectivity index is 1.90. The molecular weight excluding hydrogens is 349 g/mol. The van der Waals surface area contributed by atoms with Crippen LogP contribution in [0, 0.1) is 12.7 Å². The van der Waals surface area contributed by atoms with Gasteiger partial charge in [-0.2, -0.15) is 0 Å². The molecule has 0 bridgehead atoms. The normalized spacial score (nSPS) is 19.5. The molecule has 8 heteroatoms. The van der Waals surface area contributed by atoms with Crippen LogP contribution in [0.4, 0.5) is 21.7 Å². The molecule has 1 aromatic carbocycles. The third-order valence-electron chi connectivity index (χ3n) is 4.60. The monoisotopic (exact) mass is 373 g/mol. The molecule has 0 spiro atoms. The molecule has 0 radical (unpaired) electrons. The van der Waals surface area contributed by atoms with E-state index in [9.17, 15) is 9.18 Å². The minimum Gasteiger partial charge on any atom is -0.380 e. The van der Waals surface area contributed by atoms with Crippen LogP contribution in [-0.4, -0.2) is 43.2 Å².